The van der Waals surface area contributed by atoms with Crippen molar-refractivity contribution in [1.82, 2.24) is 0 Å². The van der Waals surface area contributed by atoms with Gasteiger partial charge in [0.15, 0.2) is 0 Å². The van der Waals surface area contributed by atoms with E-state index in [-0.39, 0.29) is 0 Å². The first-order chi connectivity index (χ1) is 7.36. The molecule has 3 aliphatic rings. The van der Waals surface area contributed by atoms with E-state index < -0.39 is 0 Å². The van der Waals surface area contributed by atoms with E-state index in [1.54, 1.807) is 0 Å². The van der Waals surface area contributed by atoms with Gasteiger partial charge in [-0.15, -0.1) is 0 Å². The molecule has 78 valence electrons. The standard InChI is InChI=1S/C12H13N2O/c1-14-6-3-10-11(14)2-5-13-12(10)9-4-7-15-8-9/h2,4-5H,1,3,6-8H2/q-1. The molecule has 0 aromatic rings. The monoisotopic (exact) mass is 201 g/mol. The van der Waals surface area contributed by atoms with Crippen molar-refractivity contribution in [2.24, 2.45) is 0 Å². The Morgan fingerprint density at radius 1 is 1.53 bits per heavy atom. The molecule has 3 heteroatoms. The van der Waals surface area contributed by atoms with Crippen LogP contribution in [0.25, 0.3) is 5.32 Å². The lowest BCUT2D eigenvalue weighted by molar-refractivity contribution is -0.475. The summed E-state index contributed by atoms with van der Waals surface area (Å²) in [6, 6.07) is 1.22. The van der Waals surface area contributed by atoms with Gasteiger partial charge >= 0.3 is 0 Å². The number of hydrogen-bond donors (Lipinski definition) is 0. The average molecular weight is 201 g/mol. The van der Waals surface area contributed by atoms with E-state index in [2.05, 4.69) is 18.1 Å². The first kappa shape index (κ1) is 8.80. The topological polar surface area (TPSA) is 26.3 Å². The fourth-order valence-corrected chi connectivity index (χ4v) is 2.22. The molecule has 0 amide bonds. The smallest absolute Gasteiger partial charge is 0.133 e. The van der Waals surface area contributed by atoms with Crippen LogP contribution in [0.5, 0.6) is 0 Å². The normalized spacial score (nSPS) is 24.4. The van der Waals surface area contributed by atoms with Gasteiger partial charge in [0.05, 0.1) is 19.9 Å². The second kappa shape index (κ2) is 3.28. The molecule has 0 saturated carbocycles. The molecule has 15 heavy (non-hydrogen) atoms. The van der Waals surface area contributed by atoms with E-state index in [4.69, 9.17) is 4.74 Å². The molecule has 0 aliphatic carbocycles. The Bertz CT molecular complexity index is 404. The maximum atomic E-state index is 5.34. The van der Waals surface area contributed by atoms with Gasteiger partial charge in [-0.05, 0) is 0 Å². The molecule has 0 aromatic carbocycles. The van der Waals surface area contributed by atoms with E-state index in [0.717, 1.165) is 25.3 Å². The molecule has 0 N–H and O–H groups in total. The summed E-state index contributed by atoms with van der Waals surface area (Å²) in [5, 5.41) is 4.46. The zero-order chi connectivity index (χ0) is 10.3. The summed E-state index contributed by atoms with van der Waals surface area (Å²) < 4.78 is 7.37. The van der Waals surface area contributed by atoms with Gasteiger partial charge in [0, 0.05) is 6.42 Å². The Labute approximate surface area is 89.4 Å². The van der Waals surface area contributed by atoms with Gasteiger partial charge in [0.25, 0.3) is 0 Å². The predicted molar refractivity (Wildman–Crippen MR) is 58.5 cm³/mol. The molecule has 3 rings (SSSR count). The zero-order valence-corrected chi connectivity index (χ0v) is 8.57. The van der Waals surface area contributed by atoms with Crippen LogP contribution in [0.15, 0.2) is 35.2 Å². The Morgan fingerprint density at radius 3 is 3.27 bits per heavy atom. The van der Waals surface area contributed by atoms with Crippen LogP contribution in [0.3, 0.4) is 0 Å². The minimum atomic E-state index is 0.695. The quantitative estimate of drug-likeness (QED) is 0.469. The van der Waals surface area contributed by atoms with E-state index >= 15 is 0 Å². The average Bonchev–Trinajstić information content (AvgIpc) is 2.88. The molecule has 0 atom stereocenters. The van der Waals surface area contributed by atoms with E-state index in [0.29, 0.717) is 6.61 Å². The van der Waals surface area contributed by atoms with Gasteiger partial charge in [0.2, 0.25) is 0 Å². The number of hydrogen-bond acceptors (Lipinski definition) is 1. The van der Waals surface area contributed by atoms with Crippen molar-refractivity contribution in [2.75, 3.05) is 19.8 Å². The van der Waals surface area contributed by atoms with Crippen LogP contribution in [0.1, 0.15) is 6.42 Å². The second-order valence-corrected chi connectivity index (χ2v) is 3.92. The number of nitrogens with zero attached hydrogens (tertiary/aromatic N) is 2. The molecule has 0 spiro atoms. The van der Waals surface area contributed by atoms with E-state index in [1.165, 1.54) is 17.2 Å². The van der Waals surface area contributed by atoms with Crippen LogP contribution in [0, 0.1) is 6.04 Å². The van der Waals surface area contributed by atoms with Gasteiger partial charge in [-0.25, -0.2) is 5.70 Å². The van der Waals surface area contributed by atoms with E-state index in [1.807, 2.05) is 16.9 Å². The predicted octanol–water partition coefficient (Wildman–Crippen LogP) is 1.75. The third-order valence-corrected chi connectivity index (χ3v) is 3.01. The molecular formula is C12H13N2O-. The van der Waals surface area contributed by atoms with Gasteiger partial charge < -0.3 is 10.1 Å². The lowest BCUT2D eigenvalue weighted by atomic mass is 9.99. The summed E-state index contributed by atoms with van der Waals surface area (Å²) in [5.41, 5.74) is 3.66. The first-order valence-electron chi connectivity index (χ1n) is 5.19. The van der Waals surface area contributed by atoms with Gasteiger partial charge in [-0.1, -0.05) is 23.3 Å². The lowest BCUT2D eigenvalue weighted by Crippen LogP contribution is -2.10. The third kappa shape index (κ3) is 1.31. The van der Waals surface area contributed by atoms with Gasteiger partial charge in [0.1, 0.15) is 12.6 Å². The van der Waals surface area contributed by atoms with Crippen LogP contribution < -0.4 is 0 Å². The number of ether oxygens (including phenoxy) is 1. The summed E-state index contributed by atoms with van der Waals surface area (Å²) in [5.74, 6) is 0. The maximum absolute atomic E-state index is 5.34. The van der Waals surface area contributed by atoms with Crippen molar-refractivity contribution < 1.29 is 9.31 Å². The van der Waals surface area contributed by atoms with Crippen LogP contribution in [-0.4, -0.2) is 31.1 Å². The summed E-state index contributed by atoms with van der Waals surface area (Å²) in [7, 11) is 0. The third-order valence-electron chi connectivity index (χ3n) is 3.01. The van der Waals surface area contributed by atoms with Crippen LogP contribution in [0.2, 0.25) is 0 Å². The SMILES string of the molecule is C=[N+]1CCC2=C(C3=CCOC3)[N-]C=C[C-]21. The molecule has 1 fully saturated rings. The van der Waals surface area contributed by atoms with E-state index in [9.17, 15) is 0 Å². The van der Waals surface area contributed by atoms with Crippen molar-refractivity contribution >= 4 is 6.72 Å². The Kier molecular flexibility index (Phi) is 1.92. The highest BCUT2D eigenvalue weighted by atomic mass is 16.5. The van der Waals surface area contributed by atoms with Crippen LogP contribution >= 0.6 is 0 Å². The molecule has 0 unspecified atom stereocenters. The van der Waals surface area contributed by atoms with Gasteiger partial charge in [-0.2, -0.15) is 0 Å². The van der Waals surface area contributed by atoms with Crippen molar-refractivity contribution in [3.63, 3.8) is 0 Å². The molecule has 1 saturated heterocycles. The van der Waals surface area contributed by atoms with Crippen molar-refractivity contribution in [1.29, 1.82) is 0 Å². The Morgan fingerprint density at radius 2 is 2.47 bits per heavy atom. The summed E-state index contributed by atoms with van der Waals surface area (Å²) in [4.78, 5) is 0. The summed E-state index contributed by atoms with van der Waals surface area (Å²) >= 11 is 0. The van der Waals surface area contributed by atoms with Gasteiger partial charge in [-0.3, -0.25) is 10.8 Å². The number of rotatable bonds is 1. The Hall–Kier alpha value is -1.48. The maximum Gasteiger partial charge on any atom is 0.133 e. The Balaban J connectivity index is 2.00. The summed E-state index contributed by atoms with van der Waals surface area (Å²) in [6.45, 7) is 6.40. The highest BCUT2D eigenvalue weighted by Gasteiger charge is 2.25. The minimum absolute atomic E-state index is 0.695. The lowest BCUT2D eigenvalue weighted by Gasteiger charge is -2.36. The minimum Gasteiger partial charge on any atom is -0.750 e. The highest BCUT2D eigenvalue weighted by Crippen LogP contribution is 2.39. The van der Waals surface area contributed by atoms with Crippen LogP contribution in [-0.2, 0) is 4.74 Å². The molecular weight excluding hydrogens is 188 g/mol. The zero-order valence-electron chi connectivity index (χ0n) is 8.57. The second-order valence-electron chi connectivity index (χ2n) is 3.92. The van der Waals surface area contributed by atoms with Crippen molar-refractivity contribution in [3.05, 3.63) is 46.6 Å². The molecule has 0 aromatic heterocycles. The molecule has 3 heterocycles. The molecule has 3 nitrogen and oxygen atoms in total. The fourth-order valence-electron chi connectivity index (χ4n) is 2.22. The number of fused-ring (bicyclic) bond motifs is 1. The molecule has 0 bridgehead atoms. The first-order valence-corrected chi connectivity index (χ1v) is 5.19. The van der Waals surface area contributed by atoms with Crippen LogP contribution in [0.4, 0.5) is 0 Å². The highest BCUT2D eigenvalue weighted by molar-refractivity contribution is 5.56. The van der Waals surface area contributed by atoms with Crippen molar-refractivity contribution in [2.45, 2.75) is 6.42 Å². The molecule has 0 radical (unpaired) electrons. The fraction of sp³-hybridized carbons (Fsp3) is 0.333. The largest absolute Gasteiger partial charge is 0.750 e. The molecule has 3 aliphatic heterocycles. The van der Waals surface area contributed by atoms with Crippen molar-refractivity contribution in [3.8, 4) is 0 Å². The summed E-state index contributed by atoms with van der Waals surface area (Å²) in [6.07, 6.45) is 7.06.